The molecule has 0 radical (unpaired) electrons. The molecule has 0 saturated heterocycles. The van der Waals surface area contributed by atoms with Crippen molar-refractivity contribution >= 4 is 17.6 Å². The van der Waals surface area contributed by atoms with Crippen LogP contribution < -0.4 is 4.74 Å². The van der Waals surface area contributed by atoms with Crippen LogP contribution in [0, 0.1) is 0 Å². The number of halogens is 1. The van der Waals surface area contributed by atoms with Crippen molar-refractivity contribution in [3.8, 4) is 5.75 Å². The topological polar surface area (TPSA) is 59.4 Å². The Kier molecular flexibility index (Phi) is 4.36. The van der Waals surface area contributed by atoms with Gasteiger partial charge in [-0.2, -0.15) is 0 Å². The number of carboxylic acids is 1. The lowest BCUT2D eigenvalue weighted by Gasteiger charge is -2.15. The molecule has 0 saturated carbocycles. The van der Waals surface area contributed by atoms with E-state index in [2.05, 4.69) is 4.98 Å². The Morgan fingerprint density at radius 2 is 2.11 bits per heavy atom. The number of hydrogen-bond donors (Lipinski definition) is 1. The first-order valence-corrected chi connectivity index (χ1v) is 6.06. The van der Waals surface area contributed by atoms with Gasteiger partial charge >= 0.3 is 5.97 Å². The Bertz CT molecular complexity index is 560. The van der Waals surface area contributed by atoms with Crippen molar-refractivity contribution in [2.75, 3.05) is 6.61 Å². The molecule has 2 rings (SSSR count). The number of aliphatic carboxylic acids is 1. The van der Waals surface area contributed by atoms with E-state index < -0.39 is 11.9 Å². The molecule has 1 N–H and O–H groups in total. The maximum Gasteiger partial charge on any atom is 0.314 e. The van der Waals surface area contributed by atoms with Crippen molar-refractivity contribution < 1.29 is 14.6 Å². The molecule has 1 heterocycles. The van der Waals surface area contributed by atoms with Crippen LogP contribution in [0.25, 0.3) is 0 Å². The molecule has 0 fully saturated rings. The Labute approximate surface area is 115 Å². The largest absolute Gasteiger partial charge is 0.491 e. The molecule has 98 valence electrons. The third-order valence-electron chi connectivity index (χ3n) is 2.63. The fourth-order valence-electron chi connectivity index (χ4n) is 1.66. The van der Waals surface area contributed by atoms with Crippen molar-refractivity contribution in [3.63, 3.8) is 0 Å². The van der Waals surface area contributed by atoms with Gasteiger partial charge in [0.15, 0.2) is 0 Å². The average molecular weight is 278 g/mol. The SMILES string of the molecule is O=C(O)C(COc1cccnc1)c1ccccc1Cl. The summed E-state index contributed by atoms with van der Waals surface area (Å²) < 4.78 is 5.44. The molecule has 0 spiro atoms. The smallest absolute Gasteiger partial charge is 0.314 e. The van der Waals surface area contributed by atoms with Crippen LogP contribution in [0.4, 0.5) is 0 Å². The minimum Gasteiger partial charge on any atom is -0.491 e. The average Bonchev–Trinajstić information content (AvgIpc) is 2.42. The number of pyridine rings is 1. The van der Waals surface area contributed by atoms with Crippen LogP contribution in [-0.4, -0.2) is 22.7 Å². The molecular weight excluding hydrogens is 266 g/mol. The van der Waals surface area contributed by atoms with E-state index in [0.29, 0.717) is 16.3 Å². The van der Waals surface area contributed by atoms with Crippen molar-refractivity contribution in [3.05, 3.63) is 59.4 Å². The quantitative estimate of drug-likeness (QED) is 0.913. The van der Waals surface area contributed by atoms with E-state index in [9.17, 15) is 9.90 Å². The number of carboxylic acid groups (broad SMARTS) is 1. The number of nitrogens with zero attached hydrogens (tertiary/aromatic N) is 1. The Hall–Kier alpha value is -2.07. The highest BCUT2D eigenvalue weighted by atomic mass is 35.5. The molecule has 2 aromatic rings. The van der Waals surface area contributed by atoms with Gasteiger partial charge in [0.05, 0.1) is 6.20 Å². The number of ether oxygens (including phenoxy) is 1. The molecule has 19 heavy (non-hydrogen) atoms. The number of hydrogen-bond acceptors (Lipinski definition) is 3. The molecule has 0 amide bonds. The summed E-state index contributed by atoms with van der Waals surface area (Å²) >= 11 is 6.01. The van der Waals surface area contributed by atoms with Crippen LogP contribution in [0.5, 0.6) is 5.75 Å². The third-order valence-corrected chi connectivity index (χ3v) is 2.97. The standard InChI is InChI=1S/C14H12ClNO3/c15-13-6-2-1-5-11(13)12(14(17)18)9-19-10-4-3-7-16-8-10/h1-8,12H,9H2,(H,17,18). The van der Waals surface area contributed by atoms with E-state index in [4.69, 9.17) is 16.3 Å². The second-order valence-electron chi connectivity index (χ2n) is 3.91. The van der Waals surface area contributed by atoms with Crippen LogP contribution >= 0.6 is 11.6 Å². The summed E-state index contributed by atoms with van der Waals surface area (Å²) in [6.45, 7) is 0.00472. The zero-order valence-corrected chi connectivity index (χ0v) is 10.7. The lowest BCUT2D eigenvalue weighted by atomic mass is 10.0. The van der Waals surface area contributed by atoms with Crippen LogP contribution in [0.15, 0.2) is 48.8 Å². The van der Waals surface area contributed by atoms with Gasteiger partial charge in [-0.1, -0.05) is 29.8 Å². The van der Waals surface area contributed by atoms with E-state index in [0.717, 1.165) is 0 Å². The number of aromatic nitrogens is 1. The highest BCUT2D eigenvalue weighted by molar-refractivity contribution is 6.31. The van der Waals surface area contributed by atoms with E-state index in [-0.39, 0.29) is 6.61 Å². The molecule has 0 bridgehead atoms. The monoisotopic (exact) mass is 277 g/mol. The zero-order valence-electron chi connectivity index (χ0n) is 9.99. The molecule has 1 atom stereocenters. The summed E-state index contributed by atoms with van der Waals surface area (Å²) in [4.78, 5) is 15.2. The maximum absolute atomic E-state index is 11.3. The number of rotatable bonds is 5. The summed E-state index contributed by atoms with van der Waals surface area (Å²) in [6, 6.07) is 10.3. The van der Waals surface area contributed by atoms with Crippen LogP contribution in [-0.2, 0) is 4.79 Å². The summed E-state index contributed by atoms with van der Waals surface area (Å²) in [5.41, 5.74) is 0.542. The van der Waals surface area contributed by atoms with Gasteiger partial charge in [-0.15, -0.1) is 0 Å². The molecule has 1 aromatic heterocycles. The molecule has 1 aromatic carbocycles. The van der Waals surface area contributed by atoms with Crippen molar-refractivity contribution in [1.29, 1.82) is 0 Å². The van der Waals surface area contributed by atoms with E-state index in [1.54, 1.807) is 42.6 Å². The summed E-state index contributed by atoms with van der Waals surface area (Å²) in [5.74, 6) is -1.26. The van der Waals surface area contributed by atoms with Gasteiger partial charge in [-0.05, 0) is 23.8 Å². The summed E-state index contributed by atoms with van der Waals surface area (Å²) in [5, 5.41) is 9.70. The Morgan fingerprint density at radius 3 is 2.74 bits per heavy atom. The summed E-state index contributed by atoms with van der Waals surface area (Å²) in [6.07, 6.45) is 3.15. The first-order chi connectivity index (χ1) is 9.18. The number of benzene rings is 1. The molecule has 1 unspecified atom stereocenters. The minimum absolute atomic E-state index is 0.00472. The highest BCUT2D eigenvalue weighted by Gasteiger charge is 2.23. The van der Waals surface area contributed by atoms with Gasteiger partial charge in [0, 0.05) is 11.2 Å². The molecule has 0 aliphatic heterocycles. The second-order valence-corrected chi connectivity index (χ2v) is 4.32. The van der Waals surface area contributed by atoms with Crippen LogP contribution in [0.3, 0.4) is 0 Å². The Morgan fingerprint density at radius 1 is 1.32 bits per heavy atom. The Balaban J connectivity index is 2.14. The fourth-order valence-corrected chi connectivity index (χ4v) is 1.93. The fraction of sp³-hybridized carbons (Fsp3) is 0.143. The van der Waals surface area contributed by atoms with Gasteiger partial charge in [-0.3, -0.25) is 9.78 Å². The number of carbonyl (C=O) groups is 1. The normalized spacial score (nSPS) is 11.8. The van der Waals surface area contributed by atoms with Gasteiger partial charge in [0.1, 0.15) is 18.3 Å². The van der Waals surface area contributed by atoms with Crippen molar-refractivity contribution in [1.82, 2.24) is 4.98 Å². The van der Waals surface area contributed by atoms with E-state index >= 15 is 0 Å². The maximum atomic E-state index is 11.3. The van der Waals surface area contributed by atoms with Gasteiger partial charge < -0.3 is 9.84 Å². The van der Waals surface area contributed by atoms with Gasteiger partial charge in [0.2, 0.25) is 0 Å². The summed E-state index contributed by atoms with van der Waals surface area (Å²) in [7, 11) is 0. The molecule has 5 heteroatoms. The van der Waals surface area contributed by atoms with Crippen LogP contribution in [0.1, 0.15) is 11.5 Å². The predicted molar refractivity (Wildman–Crippen MR) is 71.6 cm³/mol. The predicted octanol–water partition coefficient (Wildman–Crippen LogP) is 2.98. The molecule has 4 nitrogen and oxygen atoms in total. The van der Waals surface area contributed by atoms with Crippen LogP contribution in [0.2, 0.25) is 5.02 Å². The first-order valence-electron chi connectivity index (χ1n) is 5.68. The lowest BCUT2D eigenvalue weighted by Crippen LogP contribution is -2.19. The molecular formula is C14H12ClNO3. The second kappa shape index (κ2) is 6.20. The van der Waals surface area contributed by atoms with Crippen molar-refractivity contribution in [2.45, 2.75) is 5.92 Å². The molecule has 0 aliphatic carbocycles. The van der Waals surface area contributed by atoms with Gasteiger partial charge in [-0.25, -0.2) is 0 Å². The van der Waals surface area contributed by atoms with Crippen molar-refractivity contribution in [2.24, 2.45) is 0 Å². The van der Waals surface area contributed by atoms with Gasteiger partial charge in [0.25, 0.3) is 0 Å². The molecule has 0 aliphatic rings. The lowest BCUT2D eigenvalue weighted by molar-refractivity contribution is -0.139. The highest BCUT2D eigenvalue weighted by Crippen LogP contribution is 2.25. The van der Waals surface area contributed by atoms with E-state index in [1.807, 2.05) is 0 Å². The third kappa shape index (κ3) is 3.45. The minimum atomic E-state index is -0.975. The first kappa shape index (κ1) is 13.4. The van der Waals surface area contributed by atoms with E-state index in [1.165, 1.54) is 6.20 Å². The zero-order chi connectivity index (χ0) is 13.7.